The number of benzene rings is 1. The Morgan fingerprint density at radius 3 is 2.37 bits per heavy atom. The van der Waals surface area contributed by atoms with Crippen LogP contribution in [0.15, 0.2) is 36.5 Å². The van der Waals surface area contributed by atoms with E-state index < -0.39 is 28.8 Å². The highest BCUT2D eigenvalue weighted by molar-refractivity contribution is 5.94. The number of nitrogens with zero attached hydrogens (tertiary/aromatic N) is 5. The Labute approximate surface area is 219 Å². The predicted octanol–water partition coefficient (Wildman–Crippen LogP) is 4.37. The molecule has 0 saturated carbocycles. The number of halogens is 3. The Bertz CT molecular complexity index is 1390. The molecule has 1 N–H and O–H groups in total. The maximum absolute atomic E-state index is 13.6. The zero-order valence-electron chi connectivity index (χ0n) is 22.3. The molecular formula is C27H32F3N5O3. The van der Waals surface area contributed by atoms with Gasteiger partial charge >= 0.3 is 6.18 Å². The number of imidazole rings is 1. The summed E-state index contributed by atoms with van der Waals surface area (Å²) in [5.74, 6) is -0.785. The van der Waals surface area contributed by atoms with Gasteiger partial charge in [0.1, 0.15) is 11.3 Å². The smallest absolute Gasteiger partial charge is 0.381 e. The first-order valence-corrected chi connectivity index (χ1v) is 12.4. The second kappa shape index (κ2) is 9.37. The number of hydrogen-bond donors (Lipinski definition) is 1. The largest absolute Gasteiger partial charge is 0.416 e. The van der Waals surface area contributed by atoms with Gasteiger partial charge < -0.3 is 14.9 Å². The minimum Gasteiger partial charge on any atom is -0.381 e. The summed E-state index contributed by atoms with van der Waals surface area (Å²) in [5, 5.41) is 14.6. The van der Waals surface area contributed by atoms with Gasteiger partial charge in [0.05, 0.1) is 23.0 Å². The van der Waals surface area contributed by atoms with Gasteiger partial charge in [-0.2, -0.15) is 18.3 Å². The third-order valence-electron chi connectivity index (χ3n) is 6.74. The fourth-order valence-corrected chi connectivity index (χ4v) is 4.75. The summed E-state index contributed by atoms with van der Waals surface area (Å²) in [6, 6.07) is 6.68. The summed E-state index contributed by atoms with van der Waals surface area (Å²) in [6.07, 6.45) is -2.99. The van der Waals surface area contributed by atoms with Crippen LogP contribution in [0.4, 0.5) is 13.2 Å². The van der Waals surface area contributed by atoms with Crippen LogP contribution in [-0.4, -0.2) is 72.1 Å². The molecule has 11 heteroatoms. The molecule has 38 heavy (non-hydrogen) atoms. The number of aromatic nitrogens is 3. The molecule has 3 heterocycles. The van der Waals surface area contributed by atoms with Crippen LogP contribution in [0.2, 0.25) is 0 Å². The van der Waals surface area contributed by atoms with Crippen LogP contribution in [-0.2, 0) is 11.0 Å². The Hall–Kier alpha value is -3.47. The lowest BCUT2D eigenvalue weighted by molar-refractivity contribution is -0.152. The Morgan fingerprint density at radius 1 is 1.11 bits per heavy atom. The summed E-state index contributed by atoms with van der Waals surface area (Å²) in [7, 11) is 0. The number of aliphatic hydroxyl groups is 1. The van der Waals surface area contributed by atoms with Gasteiger partial charge in [-0.1, -0.05) is 26.0 Å². The van der Waals surface area contributed by atoms with Crippen molar-refractivity contribution in [3.8, 4) is 11.3 Å². The van der Waals surface area contributed by atoms with Gasteiger partial charge in [-0.3, -0.25) is 9.59 Å². The van der Waals surface area contributed by atoms with E-state index in [2.05, 4.69) is 10.1 Å². The number of fused-ring (bicyclic) bond motifs is 1. The number of carbonyl (C=O) groups excluding carboxylic acids is 2. The van der Waals surface area contributed by atoms with Gasteiger partial charge in [0.2, 0.25) is 0 Å². The first-order chi connectivity index (χ1) is 17.5. The summed E-state index contributed by atoms with van der Waals surface area (Å²) in [6.45, 7) is 11.2. The fraction of sp³-hybridized carbons (Fsp3) is 0.481. The third kappa shape index (κ3) is 5.24. The summed E-state index contributed by atoms with van der Waals surface area (Å²) in [5.41, 5.74) is -1.03. The molecule has 3 aromatic rings. The van der Waals surface area contributed by atoms with Crippen molar-refractivity contribution in [3.05, 3.63) is 53.3 Å². The molecule has 0 bridgehead atoms. The number of carbonyl (C=O) groups is 2. The molecule has 0 unspecified atom stereocenters. The lowest BCUT2D eigenvalue weighted by Crippen LogP contribution is -2.64. The van der Waals surface area contributed by atoms with Crippen LogP contribution in [0.25, 0.3) is 16.9 Å². The summed E-state index contributed by atoms with van der Waals surface area (Å²) >= 11 is 0. The molecule has 1 aliphatic rings. The molecule has 1 aliphatic heterocycles. The van der Waals surface area contributed by atoms with Crippen LogP contribution in [0.3, 0.4) is 0 Å². The number of amides is 2. The Kier molecular flexibility index (Phi) is 6.80. The van der Waals surface area contributed by atoms with Crippen LogP contribution in [0.5, 0.6) is 0 Å². The molecule has 8 nitrogen and oxygen atoms in total. The standard InChI is InChI=1S/C27H32F3N5O3/c1-16(2)19-13-20(17-8-7-9-18(12-17)27(28,29)30)32-35-14-21(31-22(19)35)23(36)34-11-10-33(15-25(34,3)4)24(37)26(5,6)38/h7-9,12-14,16,38H,10-11,15H2,1-6H3. The second-order valence-electron chi connectivity index (χ2n) is 11.2. The number of rotatable bonds is 4. The van der Waals surface area contributed by atoms with E-state index >= 15 is 0 Å². The number of alkyl halides is 3. The van der Waals surface area contributed by atoms with E-state index in [1.165, 1.54) is 30.6 Å². The van der Waals surface area contributed by atoms with Crippen LogP contribution in [0.1, 0.15) is 69.1 Å². The highest BCUT2D eigenvalue weighted by atomic mass is 19.4. The zero-order chi connectivity index (χ0) is 28.2. The van der Waals surface area contributed by atoms with Crippen LogP contribution in [0, 0.1) is 0 Å². The van der Waals surface area contributed by atoms with Gasteiger partial charge in [0, 0.05) is 30.8 Å². The van der Waals surface area contributed by atoms with E-state index in [4.69, 9.17) is 0 Å². The van der Waals surface area contributed by atoms with Crippen LogP contribution < -0.4 is 0 Å². The molecular weight excluding hydrogens is 499 g/mol. The maximum atomic E-state index is 13.6. The normalized spacial score (nSPS) is 16.4. The van der Waals surface area contributed by atoms with Gasteiger partial charge in [-0.05, 0) is 51.8 Å². The average molecular weight is 532 g/mol. The molecule has 0 radical (unpaired) electrons. The minimum absolute atomic E-state index is 0.0387. The molecule has 1 aromatic carbocycles. The molecule has 0 atom stereocenters. The topological polar surface area (TPSA) is 91.0 Å². The first kappa shape index (κ1) is 27.6. The monoisotopic (exact) mass is 531 g/mol. The van der Waals surface area contributed by atoms with Gasteiger partial charge in [-0.15, -0.1) is 0 Å². The molecule has 0 aliphatic carbocycles. The summed E-state index contributed by atoms with van der Waals surface area (Å²) < 4.78 is 41.3. The van der Waals surface area contributed by atoms with Crippen molar-refractivity contribution in [1.29, 1.82) is 0 Å². The van der Waals surface area contributed by atoms with E-state index in [0.717, 1.165) is 17.7 Å². The highest BCUT2D eigenvalue weighted by Crippen LogP contribution is 2.33. The van der Waals surface area contributed by atoms with Gasteiger partial charge in [0.15, 0.2) is 5.65 Å². The molecule has 1 saturated heterocycles. The zero-order valence-corrected chi connectivity index (χ0v) is 22.3. The van der Waals surface area contributed by atoms with E-state index in [0.29, 0.717) is 16.9 Å². The second-order valence-corrected chi connectivity index (χ2v) is 11.2. The maximum Gasteiger partial charge on any atom is 0.416 e. The van der Waals surface area contributed by atoms with Crippen molar-refractivity contribution in [2.24, 2.45) is 0 Å². The number of hydrogen-bond acceptors (Lipinski definition) is 5. The van der Waals surface area contributed by atoms with E-state index in [1.807, 2.05) is 27.7 Å². The lowest BCUT2D eigenvalue weighted by Gasteiger charge is -2.47. The lowest BCUT2D eigenvalue weighted by atomic mass is 9.96. The molecule has 204 valence electrons. The quantitative estimate of drug-likeness (QED) is 0.540. The van der Waals surface area contributed by atoms with Crippen molar-refractivity contribution < 1.29 is 27.9 Å². The van der Waals surface area contributed by atoms with E-state index in [1.54, 1.807) is 21.9 Å². The fourth-order valence-electron chi connectivity index (χ4n) is 4.75. The van der Waals surface area contributed by atoms with Crippen molar-refractivity contribution >= 4 is 17.5 Å². The van der Waals surface area contributed by atoms with Gasteiger partial charge in [0.25, 0.3) is 11.8 Å². The highest BCUT2D eigenvalue weighted by Gasteiger charge is 2.42. The van der Waals surface area contributed by atoms with Crippen LogP contribution >= 0.6 is 0 Å². The van der Waals surface area contributed by atoms with E-state index in [-0.39, 0.29) is 37.2 Å². The summed E-state index contributed by atoms with van der Waals surface area (Å²) in [4.78, 5) is 33.9. The van der Waals surface area contributed by atoms with Crippen molar-refractivity contribution in [3.63, 3.8) is 0 Å². The molecule has 2 amide bonds. The third-order valence-corrected chi connectivity index (χ3v) is 6.74. The molecule has 2 aromatic heterocycles. The Morgan fingerprint density at radius 2 is 1.79 bits per heavy atom. The Balaban J connectivity index is 1.69. The van der Waals surface area contributed by atoms with Crippen molar-refractivity contribution in [2.75, 3.05) is 19.6 Å². The van der Waals surface area contributed by atoms with Crippen molar-refractivity contribution in [2.45, 2.75) is 64.8 Å². The predicted molar refractivity (Wildman–Crippen MR) is 136 cm³/mol. The van der Waals surface area contributed by atoms with Crippen molar-refractivity contribution in [1.82, 2.24) is 24.4 Å². The molecule has 4 rings (SSSR count). The average Bonchev–Trinajstić information content (AvgIpc) is 3.25. The first-order valence-electron chi connectivity index (χ1n) is 12.4. The minimum atomic E-state index is -4.48. The SMILES string of the molecule is CC(C)c1cc(-c2cccc(C(F)(F)F)c2)nn2cc(C(=O)N3CCN(C(=O)C(C)(C)O)CC3(C)C)nc12. The molecule has 1 fully saturated rings. The van der Waals surface area contributed by atoms with E-state index in [9.17, 15) is 27.9 Å². The van der Waals surface area contributed by atoms with Gasteiger partial charge in [-0.25, -0.2) is 9.50 Å². The number of piperazine rings is 1. The molecule has 0 spiro atoms.